The standard InChI is InChI=1S/C108H103B2N3O3/c1-103(2,3)73-37-45-77(46-38-73)111(78-47-39-74(40-48-78)104(4,5)6)82-54-57-89-93(66-82)113(81-53-56-88(108(16,17)18)86(65-81)69-30-23-20-24-31-69)94-61-71(62-97-100(94)109(89)90-58-55-83(67-96(90)115-97)112(79-49-41-75(42-50-79)105(7,8)9)80-51-43-76(44-52-80)106(10,11)12)72-63-98-101-99(64-72)116-102-85(68-28-21-19-22-29-68)33-27-35-91(102)110(101)92-60-70(36-59-95(92)114-98)84-32-25-26-34-87(84)107(13,14)15/h19-67H,1-18H3. The summed E-state index contributed by atoms with van der Waals surface area (Å²) in [6.07, 6.45) is 0. The van der Waals surface area contributed by atoms with Crippen molar-refractivity contribution in [1.82, 2.24) is 0 Å². The summed E-state index contributed by atoms with van der Waals surface area (Å²) in [7, 11) is 0. The highest BCUT2D eigenvalue weighted by molar-refractivity contribution is 6.99. The molecule has 0 amide bonds. The third-order valence-electron chi connectivity index (χ3n) is 24.3. The summed E-state index contributed by atoms with van der Waals surface area (Å²) in [5, 5.41) is 0. The molecule has 574 valence electrons. The van der Waals surface area contributed by atoms with Crippen LogP contribution >= 0.6 is 0 Å². The van der Waals surface area contributed by atoms with E-state index >= 15 is 0 Å². The SMILES string of the molecule is CC(C)(C)c1ccc(N(c2ccc(C(C)(C)C)cc2)c2ccc3c(c2)Oc2cc(-c4cc5c6c(c4)Oc4c(cccc4-c4ccccc4)B6c4cc(-c6ccccc6C(C)(C)C)ccc4O5)cc4c2B3c2ccc(N(c3ccc(C(C)(C)C)cc3)c3ccc(C(C)(C)C)cc3)cc2N4c2ccc(C(C)(C)C)c(-c3ccccc3)c2)cc1. The van der Waals surface area contributed by atoms with E-state index in [1.165, 1.54) is 44.5 Å². The molecular formula is C108H103B2N3O3. The molecule has 116 heavy (non-hydrogen) atoms. The minimum Gasteiger partial charge on any atom is -0.458 e. The molecule has 0 saturated heterocycles. The summed E-state index contributed by atoms with van der Waals surface area (Å²) < 4.78 is 23.0. The van der Waals surface area contributed by atoms with Crippen LogP contribution in [0.25, 0.3) is 44.5 Å². The van der Waals surface area contributed by atoms with E-state index in [1.54, 1.807) is 0 Å². The molecule has 8 heteroatoms. The maximum atomic E-state index is 7.89. The Morgan fingerprint density at radius 3 is 1.20 bits per heavy atom. The zero-order valence-electron chi connectivity index (χ0n) is 70.5. The Hall–Kier alpha value is -12.0. The molecule has 4 aliphatic rings. The summed E-state index contributed by atoms with van der Waals surface area (Å²) >= 11 is 0. The van der Waals surface area contributed by atoms with Crippen LogP contribution in [0.5, 0.6) is 34.5 Å². The van der Waals surface area contributed by atoms with Crippen molar-refractivity contribution in [3.05, 3.63) is 331 Å². The second-order valence-electron chi connectivity index (χ2n) is 38.6. The van der Waals surface area contributed by atoms with E-state index in [4.69, 9.17) is 14.2 Å². The van der Waals surface area contributed by atoms with Gasteiger partial charge in [-0.1, -0.05) is 307 Å². The van der Waals surface area contributed by atoms with Crippen molar-refractivity contribution < 1.29 is 14.2 Å². The zero-order valence-corrected chi connectivity index (χ0v) is 70.5. The molecule has 4 aliphatic heterocycles. The van der Waals surface area contributed by atoms with Gasteiger partial charge in [-0.15, -0.1) is 0 Å². The zero-order chi connectivity index (χ0) is 80.9. The topological polar surface area (TPSA) is 37.4 Å². The first-order valence-corrected chi connectivity index (χ1v) is 41.4. The molecule has 0 saturated carbocycles. The van der Waals surface area contributed by atoms with Crippen LogP contribution < -0.4 is 61.7 Å². The van der Waals surface area contributed by atoms with E-state index in [2.05, 4.69) is 437 Å². The van der Waals surface area contributed by atoms with Gasteiger partial charge in [-0.05, 0) is 241 Å². The highest BCUT2D eigenvalue weighted by Gasteiger charge is 2.46. The molecule has 0 unspecified atom stereocenters. The second-order valence-corrected chi connectivity index (χ2v) is 38.6. The fourth-order valence-corrected chi connectivity index (χ4v) is 18.1. The monoisotopic (exact) mass is 1510 g/mol. The van der Waals surface area contributed by atoms with E-state index in [0.29, 0.717) is 0 Å². The number of fused-ring (bicyclic) bond motifs is 8. The summed E-state index contributed by atoms with van der Waals surface area (Å²) in [4.78, 5) is 7.39. The van der Waals surface area contributed by atoms with Gasteiger partial charge in [-0.2, -0.15) is 0 Å². The van der Waals surface area contributed by atoms with Gasteiger partial charge >= 0.3 is 0 Å². The van der Waals surface area contributed by atoms with Crippen LogP contribution in [0.1, 0.15) is 158 Å². The second kappa shape index (κ2) is 27.9. The Morgan fingerprint density at radius 2 is 0.672 bits per heavy atom. The molecule has 6 nitrogen and oxygen atoms in total. The predicted molar refractivity (Wildman–Crippen MR) is 493 cm³/mol. The van der Waals surface area contributed by atoms with Crippen molar-refractivity contribution in [1.29, 1.82) is 0 Å². The number of benzene rings is 14. The third kappa shape index (κ3) is 13.6. The van der Waals surface area contributed by atoms with E-state index in [1.807, 2.05) is 0 Å². The number of anilines is 9. The van der Waals surface area contributed by atoms with Crippen LogP contribution in [0.4, 0.5) is 51.2 Å². The van der Waals surface area contributed by atoms with Gasteiger partial charge in [-0.25, -0.2) is 0 Å². The van der Waals surface area contributed by atoms with Crippen LogP contribution in [0, 0.1) is 0 Å². The Bertz CT molecular complexity index is 6050. The van der Waals surface area contributed by atoms with E-state index < -0.39 is 0 Å². The van der Waals surface area contributed by atoms with E-state index in [0.717, 1.165) is 152 Å². The van der Waals surface area contributed by atoms with Gasteiger partial charge in [0.15, 0.2) is 0 Å². The molecule has 0 aliphatic carbocycles. The molecule has 4 heterocycles. The normalized spacial score (nSPS) is 13.4. The minimum absolute atomic E-state index is 0.0333. The number of nitrogens with zero attached hydrogens (tertiary/aromatic N) is 3. The molecular weight excluding hydrogens is 1410 g/mol. The number of para-hydroxylation sites is 1. The Morgan fingerprint density at radius 1 is 0.241 bits per heavy atom. The van der Waals surface area contributed by atoms with Crippen LogP contribution in [0.15, 0.2) is 297 Å². The summed E-state index contributed by atoms with van der Waals surface area (Å²) in [6.45, 7) is 40.8. The third-order valence-corrected chi connectivity index (χ3v) is 24.3. The van der Waals surface area contributed by atoms with Crippen molar-refractivity contribution in [3.8, 4) is 79.0 Å². The first kappa shape index (κ1) is 75.4. The maximum absolute atomic E-state index is 7.89. The lowest BCUT2D eigenvalue weighted by atomic mass is 9.34. The smallest absolute Gasteiger partial charge is 0.260 e. The molecule has 0 fully saturated rings. The summed E-state index contributed by atoms with van der Waals surface area (Å²) in [6, 6.07) is 111. The highest BCUT2D eigenvalue weighted by Crippen LogP contribution is 2.51. The van der Waals surface area contributed by atoms with Crippen molar-refractivity contribution in [2.45, 2.75) is 157 Å². The van der Waals surface area contributed by atoms with Crippen LogP contribution in [0.2, 0.25) is 0 Å². The minimum atomic E-state index is -0.285. The van der Waals surface area contributed by atoms with Crippen molar-refractivity contribution in [2.24, 2.45) is 0 Å². The number of rotatable bonds is 11. The van der Waals surface area contributed by atoms with Gasteiger partial charge in [0.2, 0.25) is 0 Å². The average molecular weight is 1510 g/mol. The molecule has 14 aromatic rings. The van der Waals surface area contributed by atoms with Crippen molar-refractivity contribution in [2.75, 3.05) is 14.7 Å². The molecule has 14 aromatic carbocycles. The molecule has 0 spiro atoms. The van der Waals surface area contributed by atoms with Gasteiger partial charge in [0.1, 0.15) is 34.5 Å². The molecule has 0 bridgehead atoms. The number of ether oxygens (including phenoxy) is 3. The lowest BCUT2D eigenvalue weighted by Crippen LogP contribution is -2.59. The lowest BCUT2D eigenvalue weighted by Gasteiger charge is -2.41. The van der Waals surface area contributed by atoms with Gasteiger partial charge in [0.05, 0.1) is 0 Å². The largest absolute Gasteiger partial charge is 0.458 e. The Kier molecular flexibility index (Phi) is 18.1. The number of hydrogen-bond donors (Lipinski definition) is 0. The fourth-order valence-electron chi connectivity index (χ4n) is 18.1. The van der Waals surface area contributed by atoms with Gasteiger partial charge in [-0.3, -0.25) is 0 Å². The highest BCUT2D eigenvalue weighted by atomic mass is 16.5. The lowest BCUT2D eigenvalue weighted by molar-refractivity contribution is 0.465. The average Bonchev–Trinajstić information content (AvgIpc) is 0.703. The summed E-state index contributed by atoms with van der Waals surface area (Å²) in [5.74, 6) is 4.72. The van der Waals surface area contributed by atoms with E-state index in [-0.39, 0.29) is 45.9 Å². The number of hydrogen-bond acceptors (Lipinski definition) is 6. The van der Waals surface area contributed by atoms with Gasteiger partial charge in [0.25, 0.3) is 13.4 Å². The van der Waals surface area contributed by atoms with Crippen LogP contribution in [-0.4, -0.2) is 13.4 Å². The van der Waals surface area contributed by atoms with Crippen molar-refractivity contribution >= 4 is 97.4 Å². The molecule has 0 N–H and O–H groups in total. The van der Waals surface area contributed by atoms with E-state index in [9.17, 15) is 0 Å². The van der Waals surface area contributed by atoms with Crippen LogP contribution in [0.3, 0.4) is 0 Å². The van der Waals surface area contributed by atoms with Crippen molar-refractivity contribution in [3.63, 3.8) is 0 Å². The Balaban J connectivity index is 0.896. The van der Waals surface area contributed by atoms with Gasteiger partial charge in [0, 0.05) is 68.3 Å². The molecule has 0 atom stereocenters. The quantitative estimate of drug-likeness (QED) is 0.120. The summed E-state index contributed by atoms with van der Waals surface area (Å²) in [5.41, 5.74) is 31.8. The van der Waals surface area contributed by atoms with Crippen LogP contribution in [-0.2, 0) is 32.5 Å². The Labute approximate surface area is 688 Å². The van der Waals surface area contributed by atoms with Gasteiger partial charge < -0.3 is 28.9 Å². The molecule has 18 rings (SSSR count). The fraction of sp³-hybridized carbons (Fsp3) is 0.222. The molecule has 0 aromatic heterocycles. The first-order valence-electron chi connectivity index (χ1n) is 41.4. The first-order chi connectivity index (χ1) is 55.3. The maximum Gasteiger partial charge on any atom is 0.260 e. The molecule has 0 radical (unpaired) electrons. The predicted octanol–water partition coefficient (Wildman–Crippen LogP) is 26.2.